The Kier molecular flexibility index (Phi) is 6.71. The van der Waals surface area contributed by atoms with Gasteiger partial charge in [-0.3, -0.25) is 4.79 Å². The Balaban J connectivity index is 5.38. The summed E-state index contributed by atoms with van der Waals surface area (Å²) in [6, 6.07) is 0. The molecule has 0 aromatic heterocycles. The Hall–Kier alpha value is -0.353. The first kappa shape index (κ1) is 20.6. The fourth-order valence-electron chi connectivity index (χ4n) is 2.46. The van der Waals surface area contributed by atoms with E-state index in [-0.39, 0.29) is 23.0 Å². The lowest BCUT2D eigenvalue weighted by Crippen LogP contribution is -2.47. The van der Waals surface area contributed by atoms with Crippen LogP contribution < -0.4 is 0 Å². The molecule has 0 aliphatic rings. The molecule has 0 rings (SSSR count). The van der Waals surface area contributed by atoms with E-state index in [1.165, 1.54) is 0 Å². The van der Waals surface area contributed by atoms with E-state index in [1.807, 2.05) is 6.92 Å². The van der Waals surface area contributed by atoms with Gasteiger partial charge in [-0.2, -0.15) is 0 Å². The van der Waals surface area contributed by atoms with Gasteiger partial charge in [0.25, 0.3) is 0 Å². The van der Waals surface area contributed by atoms with Crippen LogP contribution >= 0.6 is 0 Å². The fraction of sp³-hybridized carbons (Fsp3) is 0.941. The maximum atomic E-state index is 12.8. The first-order valence-corrected chi connectivity index (χ1v) is 11.3. The van der Waals surface area contributed by atoms with Crippen molar-refractivity contribution < 1.29 is 14.3 Å². The van der Waals surface area contributed by atoms with Crippen molar-refractivity contribution in [2.45, 2.75) is 80.8 Å². The summed E-state index contributed by atoms with van der Waals surface area (Å²) in [6.07, 6.45) is 2.91. The molecule has 0 heterocycles. The minimum Gasteiger partial charge on any atom is -0.466 e. The monoisotopic (exact) mass is 316 g/mol. The van der Waals surface area contributed by atoms with E-state index < -0.39 is 13.7 Å². The third-order valence-electron chi connectivity index (χ3n) is 5.17. The van der Waals surface area contributed by atoms with Crippen molar-refractivity contribution in [2.75, 3.05) is 6.23 Å². The second-order valence-electron chi connectivity index (χ2n) is 8.65. The highest BCUT2D eigenvalue weighted by atomic mass is 28.4. The third-order valence-corrected chi connectivity index (χ3v) is 6.02. The Labute approximate surface area is 132 Å². The number of hydrogen-bond acceptors (Lipinski definition) is 3. The summed E-state index contributed by atoms with van der Waals surface area (Å²) in [5.74, 6) is -0.162. The fourth-order valence-corrected chi connectivity index (χ4v) is 2.95. The molecule has 1 atom stereocenters. The van der Waals surface area contributed by atoms with Crippen molar-refractivity contribution in [3.8, 4) is 0 Å². The van der Waals surface area contributed by atoms with Gasteiger partial charge in [0, 0.05) is 0 Å². The van der Waals surface area contributed by atoms with Crippen LogP contribution in [0, 0.1) is 16.2 Å². The van der Waals surface area contributed by atoms with Crippen LogP contribution in [0.1, 0.15) is 67.7 Å². The van der Waals surface area contributed by atoms with Gasteiger partial charge in [-0.15, -0.1) is 0 Å². The van der Waals surface area contributed by atoms with Crippen LogP contribution in [-0.4, -0.2) is 25.3 Å². The quantitative estimate of drug-likeness (QED) is 0.528. The number of rotatable bonds is 8. The summed E-state index contributed by atoms with van der Waals surface area (Å²) < 4.78 is 5.52. The van der Waals surface area contributed by atoms with Gasteiger partial charge < -0.3 is 9.53 Å². The molecule has 0 aromatic carbocycles. The maximum absolute atomic E-state index is 12.8. The van der Waals surface area contributed by atoms with E-state index >= 15 is 0 Å². The Morgan fingerprint density at radius 3 is 1.86 bits per heavy atom. The lowest BCUT2D eigenvalue weighted by Gasteiger charge is -2.46. The molecule has 0 radical (unpaired) electrons. The van der Waals surface area contributed by atoms with Crippen molar-refractivity contribution in [2.24, 2.45) is 16.2 Å². The van der Waals surface area contributed by atoms with E-state index in [4.69, 9.17) is 4.74 Å². The first-order chi connectivity index (χ1) is 9.21. The molecule has 0 fully saturated rings. The van der Waals surface area contributed by atoms with Gasteiger partial charge in [0.1, 0.15) is 6.23 Å². The van der Waals surface area contributed by atoms with Crippen LogP contribution in [0.25, 0.3) is 0 Å². The van der Waals surface area contributed by atoms with E-state index in [2.05, 4.69) is 41.5 Å². The summed E-state index contributed by atoms with van der Waals surface area (Å²) in [4.78, 5) is 22.7. The average molecular weight is 317 g/mol. The first-order valence-electron chi connectivity index (χ1n) is 8.10. The molecule has 0 aliphatic carbocycles. The van der Waals surface area contributed by atoms with Gasteiger partial charge in [0.2, 0.25) is 8.32 Å². The Morgan fingerprint density at radius 2 is 1.52 bits per heavy atom. The van der Waals surface area contributed by atoms with E-state index in [1.54, 1.807) is 13.1 Å². The second kappa shape index (κ2) is 6.82. The minimum absolute atomic E-state index is 0.0897. The number of ether oxygens (including phenoxy) is 1. The van der Waals surface area contributed by atoms with Crippen LogP contribution in [0.3, 0.4) is 0 Å². The predicted octanol–water partition coefficient (Wildman–Crippen LogP) is 4.54. The molecule has 0 spiro atoms. The maximum Gasteiger partial charge on any atom is 0.312 e. The van der Waals surface area contributed by atoms with Crippen molar-refractivity contribution in [1.82, 2.24) is 0 Å². The number of hydrogen-bond donors (Lipinski definition) is 1. The van der Waals surface area contributed by atoms with Gasteiger partial charge in [-0.05, 0) is 43.7 Å². The summed E-state index contributed by atoms with van der Waals surface area (Å²) in [6.45, 7) is 18.6. The molecular formula is C17H36O3Si. The van der Waals surface area contributed by atoms with Gasteiger partial charge in [0.05, 0.1) is 5.41 Å². The molecule has 3 nitrogen and oxygen atoms in total. The van der Waals surface area contributed by atoms with Crippen molar-refractivity contribution in [1.29, 1.82) is 0 Å². The zero-order valence-corrected chi connectivity index (χ0v) is 16.6. The number of carbonyl (C=O) groups is 1. The summed E-state index contributed by atoms with van der Waals surface area (Å²) in [5, 5.41) is 0. The van der Waals surface area contributed by atoms with E-state index in [0.29, 0.717) is 0 Å². The Morgan fingerprint density at radius 1 is 1.05 bits per heavy atom. The SMILES string of the molecule is CCC(C)(C)CC(C)(C(=O)OC[Si](C)(C)O)C(C)(C)CC. The highest BCUT2D eigenvalue weighted by Gasteiger charge is 2.50. The molecule has 21 heavy (non-hydrogen) atoms. The lowest BCUT2D eigenvalue weighted by molar-refractivity contribution is -0.164. The summed E-state index contributed by atoms with van der Waals surface area (Å²) in [7, 11) is -2.38. The molecule has 0 aliphatic heterocycles. The van der Waals surface area contributed by atoms with Gasteiger partial charge in [0.15, 0.2) is 0 Å². The van der Waals surface area contributed by atoms with Crippen molar-refractivity contribution in [3.63, 3.8) is 0 Å². The molecule has 0 amide bonds. The smallest absolute Gasteiger partial charge is 0.312 e. The van der Waals surface area contributed by atoms with Crippen LogP contribution in [-0.2, 0) is 9.53 Å². The van der Waals surface area contributed by atoms with Crippen LogP contribution in [0.2, 0.25) is 13.1 Å². The van der Waals surface area contributed by atoms with E-state index in [9.17, 15) is 9.59 Å². The van der Waals surface area contributed by atoms with Crippen LogP contribution in [0.4, 0.5) is 0 Å². The average Bonchev–Trinajstić information content (AvgIpc) is 2.34. The molecule has 4 heteroatoms. The van der Waals surface area contributed by atoms with Gasteiger partial charge in [-0.1, -0.05) is 48.0 Å². The number of esters is 1. The minimum atomic E-state index is -2.38. The normalized spacial score (nSPS) is 16.5. The predicted molar refractivity (Wildman–Crippen MR) is 91.5 cm³/mol. The standard InChI is InChI=1S/C17H36O3Si/c1-10-15(3,4)12-17(7,16(5,6)11-2)14(18)20-13-21(8,9)19/h19H,10-13H2,1-9H3. The van der Waals surface area contributed by atoms with Gasteiger partial charge in [-0.25, -0.2) is 0 Å². The highest BCUT2D eigenvalue weighted by molar-refractivity contribution is 6.69. The zero-order chi connectivity index (χ0) is 17.1. The largest absolute Gasteiger partial charge is 0.466 e. The summed E-state index contributed by atoms with van der Waals surface area (Å²) in [5.41, 5.74) is -0.592. The number of carbonyl (C=O) groups excluding carboxylic acids is 1. The second-order valence-corrected chi connectivity index (χ2v) is 12.6. The highest BCUT2D eigenvalue weighted by Crippen LogP contribution is 2.50. The van der Waals surface area contributed by atoms with Crippen LogP contribution in [0.15, 0.2) is 0 Å². The Bertz CT molecular complexity index is 356. The lowest BCUT2D eigenvalue weighted by atomic mass is 9.58. The zero-order valence-electron chi connectivity index (χ0n) is 15.6. The topological polar surface area (TPSA) is 46.5 Å². The molecule has 1 N–H and O–H groups in total. The molecule has 0 saturated carbocycles. The molecule has 126 valence electrons. The van der Waals surface area contributed by atoms with Crippen molar-refractivity contribution in [3.05, 3.63) is 0 Å². The van der Waals surface area contributed by atoms with Crippen LogP contribution in [0.5, 0.6) is 0 Å². The molecule has 0 saturated heterocycles. The van der Waals surface area contributed by atoms with Gasteiger partial charge >= 0.3 is 5.97 Å². The summed E-state index contributed by atoms with van der Waals surface area (Å²) >= 11 is 0. The molecule has 0 bridgehead atoms. The van der Waals surface area contributed by atoms with Crippen molar-refractivity contribution >= 4 is 14.3 Å². The molecular weight excluding hydrogens is 280 g/mol. The molecule has 0 aromatic rings. The molecule has 1 unspecified atom stereocenters. The van der Waals surface area contributed by atoms with E-state index in [0.717, 1.165) is 19.3 Å². The third kappa shape index (κ3) is 5.74.